The SMILES string of the molecule is O=C(Cc1ccc(F)cc1)N(CC[NH+]1CCOCC1)c1nc2ccc(Br)cc2s1. The van der Waals surface area contributed by atoms with Crippen molar-refractivity contribution in [3.63, 3.8) is 0 Å². The number of carbonyl (C=O) groups is 1. The molecule has 3 aromatic rings. The predicted octanol–water partition coefficient (Wildman–Crippen LogP) is 2.69. The number of fused-ring (bicyclic) bond motifs is 1. The number of benzene rings is 2. The number of thiazole rings is 1. The van der Waals surface area contributed by atoms with Crippen LogP contribution in [0.3, 0.4) is 0 Å². The Hall–Kier alpha value is -1.87. The smallest absolute Gasteiger partial charge is 0.233 e. The number of carbonyl (C=O) groups excluding carboxylic acids is 1. The van der Waals surface area contributed by atoms with Crippen LogP contribution in [0.2, 0.25) is 0 Å². The van der Waals surface area contributed by atoms with Crippen molar-refractivity contribution in [3.8, 4) is 0 Å². The van der Waals surface area contributed by atoms with E-state index in [1.807, 2.05) is 18.2 Å². The quantitative estimate of drug-likeness (QED) is 0.592. The molecule has 1 aliphatic rings. The summed E-state index contributed by atoms with van der Waals surface area (Å²) in [6, 6.07) is 12.0. The van der Waals surface area contributed by atoms with Gasteiger partial charge in [-0.05, 0) is 35.9 Å². The van der Waals surface area contributed by atoms with Gasteiger partial charge in [0.05, 0.1) is 42.9 Å². The first-order valence-electron chi connectivity index (χ1n) is 9.61. The standard InChI is InChI=1S/C21H21BrFN3O2S/c22-16-3-6-18-19(14-16)29-21(24-18)26(8-7-25-9-11-28-12-10-25)20(27)13-15-1-4-17(23)5-2-15/h1-6,14H,7-13H2/p+1. The molecule has 1 aliphatic heterocycles. The number of ether oxygens (including phenoxy) is 1. The molecule has 29 heavy (non-hydrogen) atoms. The Bertz CT molecular complexity index is 989. The van der Waals surface area contributed by atoms with Crippen molar-refractivity contribution in [3.05, 3.63) is 58.3 Å². The summed E-state index contributed by atoms with van der Waals surface area (Å²) in [5.41, 5.74) is 1.68. The van der Waals surface area contributed by atoms with E-state index in [9.17, 15) is 9.18 Å². The third kappa shape index (κ3) is 5.19. The minimum atomic E-state index is -0.300. The number of morpholine rings is 1. The third-order valence-electron chi connectivity index (χ3n) is 5.03. The molecule has 2 aromatic carbocycles. The number of amides is 1. The summed E-state index contributed by atoms with van der Waals surface area (Å²) in [5.74, 6) is -0.326. The minimum Gasteiger partial charge on any atom is -0.370 e. The zero-order valence-corrected chi connectivity index (χ0v) is 18.3. The predicted molar refractivity (Wildman–Crippen MR) is 116 cm³/mol. The molecule has 1 amide bonds. The van der Waals surface area contributed by atoms with E-state index in [1.54, 1.807) is 17.0 Å². The van der Waals surface area contributed by atoms with Crippen LogP contribution in [-0.2, 0) is 16.0 Å². The van der Waals surface area contributed by atoms with Crippen molar-refractivity contribution in [1.29, 1.82) is 0 Å². The van der Waals surface area contributed by atoms with Crippen molar-refractivity contribution in [2.45, 2.75) is 6.42 Å². The van der Waals surface area contributed by atoms with Crippen LogP contribution in [0.5, 0.6) is 0 Å². The Morgan fingerprint density at radius 2 is 1.97 bits per heavy atom. The monoisotopic (exact) mass is 478 g/mol. The lowest BCUT2D eigenvalue weighted by Gasteiger charge is -2.27. The van der Waals surface area contributed by atoms with Gasteiger partial charge in [0.1, 0.15) is 18.9 Å². The second kappa shape index (κ2) is 9.30. The summed E-state index contributed by atoms with van der Waals surface area (Å²) in [5, 5.41) is 0.706. The number of nitrogens with one attached hydrogen (secondary N) is 1. The summed E-state index contributed by atoms with van der Waals surface area (Å²) < 4.78 is 20.7. The molecule has 0 saturated carbocycles. The molecule has 5 nitrogen and oxygen atoms in total. The van der Waals surface area contributed by atoms with Crippen molar-refractivity contribution in [2.24, 2.45) is 0 Å². The molecule has 2 heterocycles. The molecule has 8 heteroatoms. The van der Waals surface area contributed by atoms with Gasteiger partial charge in [0.25, 0.3) is 0 Å². The molecule has 1 fully saturated rings. The number of halogens is 2. The number of nitrogens with zero attached hydrogens (tertiary/aromatic N) is 2. The Labute approximate surface area is 181 Å². The highest BCUT2D eigenvalue weighted by molar-refractivity contribution is 9.10. The summed E-state index contributed by atoms with van der Waals surface area (Å²) in [4.78, 5) is 21.1. The lowest BCUT2D eigenvalue weighted by Crippen LogP contribution is -3.14. The highest BCUT2D eigenvalue weighted by Gasteiger charge is 2.23. The minimum absolute atomic E-state index is 0.0256. The van der Waals surface area contributed by atoms with Gasteiger partial charge < -0.3 is 9.64 Å². The van der Waals surface area contributed by atoms with Gasteiger partial charge in [0.2, 0.25) is 5.91 Å². The molecule has 4 rings (SSSR count). The number of quaternary nitrogens is 1. The van der Waals surface area contributed by atoms with Gasteiger partial charge in [-0.3, -0.25) is 9.69 Å². The van der Waals surface area contributed by atoms with Crippen LogP contribution in [0.15, 0.2) is 46.9 Å². The van der Waals surface area contributed by atoms with E-state index in [0.717, 1.165) is 53.1 Å². The first-order chi connectivity index (χ1) is 14.1. The van der Waals surface area contributed by atoms with E-state index in [4.69, 9.17) is 9.72 Å². The Kier molecular flexibility index (Phi) is 6.54. The van der Waals surface area contributed by atoms with Crippen molar-refractivity contribution in [2.75, 3.05) is 44.3 Å². The Balaban J connectivity index is 1.56. The average Bonchev–Trinajstić information content (AvgIpc) is 3.13. The molecule has 1 saturated heterocycles. The molecule has 1 aromatic heterocycles. The van der Waals surface area contributed by atoms with Gasteiger partial charge >= 0.3 is 0 Å². The third-order valence-corrected chi connectivity index (χ3v) is 6.56. The Morgan fingerprint density at radius 1 is 1.21 bits per heavy atom. The zero-order chi connectivity index (χ0) is 20.2. The van der Waals surface area contributed by atoms with Gasteiger partial charge in [-0.25, -0.2) is 9.37 Å². The van der Waals surface area contributed by atoms with Crippen molar-refractivity contribution in [1.82, 2.24) is 4.98 Å². The van der Waals surface area contributed by atoms with E-state index in [2.05, 4.69) is 15.9 Å². The fraction of sp³-hybridized carbons (Fsp3) is 0.333. The van der Waals surface area contributed by atoms with E-state index >= 15 is 0 Å². The molecule has 0 aliphatic carbocycles. The van der Waals surface area contributed by atoms with Gasteiger partial charge in [-0.2, -0.15) is 0 Å². The van der Waals surface area contributed by atoms with Crippen molar-refractivity contribution >= 4 is 48.5 Å². The highest BCUT2D eigenvalue weighted by atomic mass is 79.9. The molecule has 1 N–H and O–H groups in total. The molecule has 0 spiro atoms. The molecule has 0 unspecified atom stereocenters. The number of aromatic nitrogens is 1. The summed E-state index contributed by atoms with van der Waals surface area (Å²) in [6.45, 7) is 4.86. The van der Waals surface area contributed by atoms with E-state index in [-0.39, 0.29) is 18.1 Å². The number of hydrogen-bond acceptors (Lipinski definition) is 4. The van der Waals surface area contributed by atoms with E-state index in [0.29, 0.717) is 11.7 Å². The molecule has 0 atom stereocenters. The number of hydrogen-bond donors (Lipinski definition) is 1. The molecule has 0 bridgehead atoms. The van der Waals surface area contributed by atoms with Gasteiger partial charge in [0, 0.05) is 4.47 Å². The molecular formula is C21H22BrFN3O2S+. The maximum absolute atomic E-state index is 13.2. The second-order valence-electron chi connectivity index (χ2n) is 7.07. The molecule has 0 radical (unpaired) electrons. The topological polar surface area (TPSA) is 46.9 Å². The van der Waals surface area contributed by atoms with Gasteiger partial charge in [0.15, 0.2) is 5.13 Å². The maximum atomic E-state index is 13.2. The van der Waals surface area contributed by atoms with E-state index < -0.39 is 0 Å². The first-order valence-corrected chi connectivity index (χ1v) is 11.2. The second-order valence-corrected chi connectivity index (χ2v) is 8.99. The van der Waals surface area contributed by atoms with Crippen LogP contribution in [0.25, 0.3) is 10.2 Å². The van der Waals surface area contributed by atoms with E-state index in [1.165, 1.54) is 28.4 Å². The van der Waals surface area contributed by atoms with Crippen LogP contribution in [0, 0.1) is 5.82 Å². The van der Waals surface area contributed by atoms with Crippen LogP contribution < -0.4 is 9.80 Å². The highest BCUT2D eigenvalue weighted by Crippen LogP contribution is 2.31. The molecule has 152 valence electrons. The lowest BCUT2D eigenvalue weighted by atomic mass is 10.1. The van der Waals surface area contributed by atoms with Crippen LogP contribution >= 0.6 is 27.3 Å². The van der Waals surface area contributed by atoms with Crippen LogP contribution in [0.4, 0.5) is 9.52 Å². The first kappa shape index (κ1) is 20.4. The normalized spacial score (nSPS) is 15.0. The van der Waals surface area contributed by atoms with Crippen LogP contribution in [-0.4, -0.2) is 50.3 Å². The summed E-state index contributed by atoms with van der Waals surface area (Å²) >= 11 is 5.01. The zero-order valence-electron chi connectivity index (χ0n) is 15.9. The largest absolute Gasteiger partial charge is 0.370 e. The van der Waals surface area contributed by atoms with Crippen molar-refractivity contribution < 1.29 is 18.8 Å². The fourth-order valence-corrected chi connectivity index (χ4v) is 4.94. The summed E-state index contributed by atoms with van der Waals surface area (Å²) in [7, 11) is 0. The number of anilines is 1. The van der Waals surface area contributed by atoms with Gasteiger partial charge in [-0.1, -0.05) is 39.4 Å². The van der Waals surface area contributed by atoms with Gasteiger partial charge in [-0.15, -0.1) is 0 Å². The number of rotatable bonds is 6. The van der Waals surface area contributed by atoms with Crippen LogP contribution in [0.1, 0.15) is 5.56 Å². The summed E-state index contributed by atoms with van der Waals surface area (Å²) in [6.07, 6.45) is 0.221. The average molecular weight is 479 g/mol. The lowest BCUT2D eigenvalue weighted by molar-refractivity contribution is -0.906. The fourth-order valence-electron chi connectivity index (χ4n) is 3.38. The molecular weight excluding hydrogens is 457 g/mol. The maximum Gasteiger partial charge on any atom is 0.233 e. The Morgan fingerprint density at radius 3 is 2.72 bits per heavy atom.